The number of carbonyl (C=O) groups excluding carboxylic acids is 2. The molecule has 180 valence electrons. The molecule has 2 amide bonds. The van der Waals surface area contributed by atoms with E-state index in [-0.39, 0.29) is 18.5 Å². The number of carbonyl (C=O) groups is 2. The van der Waals surface area contributed by atoms with E-state index in [4.69, 9.17) is 0 Å². The van der Waals surface area contributed by atoms with Crippen LogP contribution in [-0.4, -0.2) is 50.0 Å². The number of nitrogens with one attached hydrogen (secondary N) is 1. The van der Waals surface area contributed by atoms with Crippen LogP contribution in [0, 0.1) is 20.8 Å². The third-order valence-electron chi connectivity index (χ3n) is 5.35. The van der Waals surface area contributed by atoms with Crippen molar-refractivity contribution in [3.8, 4) is 0 Å². The number of rotatable bonds is 9. The van der Waals surface area contributed by atoms with Gasteiger partial charge in [-0.2, -0.15) is 0 Å². The van der Waals surface area contributed by atoms with Gasteiger partial charge >= 0.3 is 0 Å². The second-order valence-electron chi connectivity index (χ2n) is 8.91. The van der Waals surface area contributed by atoms with E-state index >= 15 is 0 Å². The molecule has 0 saturated carbocycles. The second kappa shape index (κ2) is 10.8. The van der Waals surface area contributed by atoms with Crippen LogP contribution in [0.25, 0.3) is 0 Å². The summed E-state index contributed by atoms with van der Waals surface area (Å²) in [4.78, 5) is 27.7. The summed E-state index contributed by atoms with van der Waals surface area (Å²) in [5.74, 6) is -0.738. The van der Waals surface area contributed by atoms with Crippen LogP contribution in [0.15, 0.2) is 42.5 Å². The Morgan fingerprint density at radius 2 is 1.61 bits per heavy atom. The molecule has 2 rings (SSSR count). The summed E-state index contributed by atoms with van der Waals surface area (Å²) in [6, 6.07) is 12.3. The van der Waals surface area contributed by atoms with Crippen molar-refractivity contribution in [1.82, 2.24) is 10.2 Å². The predicted molar refractivity (Wildman–Crippen MR) is 133 cm³/mol. The molecule has 0 bridgehead atoms. The molecule has 0 aliphatic carbocycles. The highest BCUT2D eigenvalue weighted by atomic mass is 32.2. The van der Waals surface area contributed by atoms with Crippen molar-refractivity contribution in [3.63, 3.8) is 0 Å². The Balaban J connectivity index is 2.44. The third kappa shape index (κ3) is 7.32. The number of hydrogen-bond donors (Lipinski definition) is 1. The van der Waals surface area contributed by atoms with Crippen LogP contribution in [0.2, 0.25) is 0 Å². The zero-order valence-corrected chi connectivity index (χ0v) is 21.4. The van der Waals surface area contributed by atoms with Gasteiger partial charge < -0.3 is 10.2 Å². The zero-order chi connectivity index (χ0) is 24.9. The van der Waals surface area contributed by atoms with E-state index in [1.54, 1.807) is 19.9 Å². The molecule has 0 aliphatic heterocycles. The Labute approximate surface area is 197 Å². The number of nitrogens with zero attached hydrogens (tertiary/aromatic N) is 2. The van der Waals surface area contributed by atoms with Crippen LogP contribution in [0.3, 0.4) is 0 Å². The van der Waals surface area contributed by atoms with E-state index in [2.05, 4.69) is 5.32 Å². The lowest BCUT2D eigenvalue weighted by atomic mass is 10.1. The maximum atomic E-state index is 13.5. The quantitative estimate of drug-likeness (QED) is 0.605. The lowest BCUT2D eigenvalue weighted by Crippen LogP contribution is -2.52. The number of anilines is 1. The van der Waals surface area contributed by atoms with E-state index in [1.165, 1.54) is 4.90 Å². The van der Waals surface area contributed by atoms with Gasteiger partial charge in [0, 0.05) is 12.6 Å². The number of benzene rings is 2. The number of amides is 2. The van der Waals surface area contributed by atoms with E-state index in [1.807, 2.05) is 64.1 Å². The van der Waals surface area contributed by atoms with Gasteiger partial charge in [-0.25, -0.2) is 8.42 Å². The summed E-state index contributed by atoms with van der Waals surface area (Å²) in [7, 11) is -3.75. The summed E-state index contributed by atoms with van der Waals surface area (Å²) in [6.07, 6.45) is 1.09. The predicted octanol–water partition coefficient (Wildman–Crippen LogP) is 3.32. The average molecular weight is 474 g/mol. The van der Waals surface area contributed by atoms with Crippen LogP contribution in [0.5, 0.6) is 0 Å². The minimum absolute atomic E-state index is 0.0849. The van der Waals surface area contributed by atoms with Gasteiger partial charge in [-0.3, -0.25) is 13.9 Å². The highest BCUT2D eigenvalue weighted by molar-refractivity contribution is 7.92. The molecule has 1 atom stereocenters. The van der Waals surface area contributed by atoms with Crippen LogP contribution < -0.4 is 9.62 Å². The van der Waals surface area contributed by atoms with E-state index < -0.39 is 28.5 Å². The number of hydrogen-bond acceptors (Lipinski definition) is 4. The maximum Gasteiger partial charge on any atom is 0.244 e. The first-order valence-electron chi connectivity index (χ1n) is 11.0. The first kappa shape index (κ1) is 26.4. The SMILES string of the molecule is Cc1cccc(CN(C(=O)CN(c2cc(C)ccc2C)S(C)(=O)=O)C(C)C(=O)NC(C)C)c1. The van der Waals surface area contributed by atoms with Gasteiger partial charge in [0.15, 0.2) is 0 Å². The molecular formula is C25H35N3O4S. The third-order valence-corrected chi connectivity index (χ3v) is 6.47. The molecule has 2 aromatic rings. The standard InChI is InChI=1S/C25H35N3O4S/c1-17(2)26-25(30)21(6)27(15-22-10-8-9-18(3)13-22)24(29)16-28(33(7,31)32)23-14-19(4)11-12-20(23)5/h8-14,17,21H,15-16H2,1-7H3,(H,26,30). The van der Waals surface area contributed by atoms with Crippen molar-refractivity contribution in [2.45, 2.75) is 60.2 Å². The lowest BCUT2D eigenvalue weighted by molar-refractivity contribution is -0.139. The van der Waals surface area contributed by atoms with Crippen molar-refractivity contribution in [3.05, 3.63) is 64.7 Å². The highest BCUT2D eigenvalue weighted by Crippen LogP contribution is 2.24. The summed E-state index contributed by atoms with van der Waals surface area (Å²) < 4.78 is 26.5. The molecule has 0 aliphatic rings. The van der Waals surface area contributed by atoms with Crippen molar-refractivity contribution in [2.24, 2.45) is 0 Å². The van der Waals surface area contributed by atoms with Gasteiger partial charge in [-0.05, 0) is 64.3 Å². The largest absolute Gasteiger partial charge is 0.352 e. The zero-order valence-electron chi connectivity index (χ0n) is 20.5. The van der Waals surface area contributed by atoms with Crippen LogP contribution in [-0.2, 0) is 26.2 Å². The van der Waals surface area contributed by atoms with Gasteiger partial charge in [0.05, 0.1) is 11.9 Å². The molecule has 0 aromatic heterocycles. The van der Waals surface area contributed by atoms with Crippen molar-refractivity contribution in [1.29, 1.82) is 0 Å². The number of aryl methyl sites for hydroxylation is 3. The maximum absolute atomic E-state index is 13.5. The van der Waals surface area contributed by atoms with Crippen molar-refractivity contribution < 1.29 is 18.0 Å². The van der Waals surface area contributed by atoms with E-state index in [0.717, 1.165) is 32.8 Å². The first-order valence-corrected chi connectivity index (χ1v) is 12.8. The van der Waals surface area contributed by atoms with Crippen LogP contribution in [0.1, 0.15) is 43.0 Å². The van der Waals surface area contributed by atoms with E-state index in [0.29, 0.717) is 5.69 Å². The Morgan fingerprint density at radius 1 is 0.970 bits per heavy atom. The smallest absolute Gasteiger partial charge is 0.244 e. The Hall–Kier alpha value is -2.87. The second-order valence-corrected chi connectivity index (χ2v) is 10.8. The van der Waals surface area contributed by atoms with Gasteiger partial charge in [-0.15, -0.1) is 0 Å². The van der Waals surface area contributed by atoms with Gasteiger partial charge in [0.25, 0.3) is 0 Å². The van der Waals surface area contributed by atoms with Crippen LogP contribution >= 0.6 is 0 Å². The molecule has 0 saturated heterocycles. The topological polar surface area (TPSA) is 86.8 Å². The van der Waals surface area contributed by atoms with Gasteiger partial charge in [-0.1, -0.05) is 42.0 Å². The molecule has 0 spiro atoms. The van der Waals surface area contributed by atoms with Gasteiger partial charge in [0.2, 0.25) is 21.8 Å². The summed E-state index contributed by atoms with van der Waals surface area (Å²) >= 11 is 0. The Bertz CT molecular complexity index is 1110. The molecule has 0 fully saturated rings. The minimum atomic E-state index is -3.75. The summed E-state index contributed by atoms with van der Waals surface area (Å²) in [6.45, 7) is 10.8. The highest BCUT2D eigenvalue weighted by Gasteiger charge is 2.30. The molecule has 1 unspecified atom stereocenters. The fraction of sp³-hybridized carbons (Fsp3) is 0.440. The summed E-state index contributed by atoms with van der Waals surface area (Å²) in [5.41, 5.74) is 3.99. The summed E-state index contributed by atoms with van der Waals surface area (Å²) in [5, 5.41) is 2.84. The number of sulfonamides is 1. The molecule has 7 nitrogen and oxygen atoms in total. The lowest BCUT2D eigenvalue weighted by Gasteiger charge is -2.32. The average Bonchev–Trinajstić information content (AvgIpc) is 2.70. The Morgan fingerprint density at radius 3 is 2.18 bits per heavy atom. The first-order chi connectivity index (χ1) is 15.3. The minimum Gasteiger partial charge on any atom is -0.352 e. The molecular weight excluding hydrogens is 438 g/mol. The monoisotopic (exact) mass is 473 g/mol. The molecule has 8 heteroatoms. The fourth-order valence-electron chi connectivity index (χ4n) is 3.58. The Kier molecular flexibility index (Phi) is 8.66. The van der Waals surface area contributed by atoms with E-state index in [9.17, 15) is 18.0 Å². The molecule has 2 aromatic carbocycles. The molecule has 0 radical (unpaired) electrons. The molecule has 0 heterocycles. The molecule has 33 heavy (non-hydrogen) atoms. The molecule has 1 N–H and O–H groups in total. The van der Waals surface area contributed by atoms with Crippen LogP contribution in [0.4, 0.5) is 5.69 Å². The van der Waals surface area contributed by atoms with Gasteiger partial charge in [0.1, 0.15) is 12.6 Å². The fourth-order valence-corrected chi connectivity index (χ4v) is 4.48. The van der Waals surface area contributed by atoms with Crippen molar-refractivity contribution >= 4 is 27.5 Å². The van der Waals surface area contributed by atoms with Crippen molar-refractivity contribution in [2.75, 3.05) is 17.1 Å². The normalized spacial score (nSPS) is 12.4.